The molecule has 1 aromatic carbocycles. The van der Waals surface area contributed by atoms with E-state index >= 15 is 0 Å². The van der Waals surface area contributed by atoms with Crippen molar-refractivity contribution in [1.82, 2.24) is 0 Å². The van der Waals surface area contributed by atoms with Gasteiger partial charge in [-0.25, -0.2) is 5.11 Å². The van der Waals surface area contributed by atoms with E-state index in [2.05, 4.69) is 6.58 Å². The summed E-state index contributed by atoms with van der Waals surface area (Å²) in [4.78, 5) is 0. The summed E-state index contributed by atoms with van der Waals surface area (Å²) in [6.07, 6.45) is 2.59. The molecule has 0 aliphatic heterocycles. The van der Waals surface area contributed by atoms with E-state index in [4.69, 9.17) is 4.74 Å². The zero-order valence-electron chi connectivity index (χ0n) is 7.53. The molecule has 0 saturated heterocycles. The average Bonchev–Trinajstić information content (AvgIpc) is 2.17. The molecule has 1 aromatic rings. The molecule has 0 fully saturated rings. The van der Waals surface area contributed by atoms with Crippen molar-refractivity contribution in [1.29, 1.82) is 0 Å². The second kappa shape index (κ2) is 5.38. The second-order valence-corrected chi connectivity index (χ2v) is 2.65. The van der Waals surface area contributed by atoms with Crippen LogP contribution in [-0.2, 0) is 11.5 Å². The van der Waals surface area contributed by atoms with Gasteiger partial charge in [-0.05, 0) is 18.1 Å². The van der Waals surface area contributed by atoms with Gasteiger partial charge in [0.05, 0.1) is 0 Å². The maximum atomic E-state index is 10.2. The predicted molar refractivity (Wildman–Crippen MR) is 51.4 cm³/mol. The number of hydrogen-bond donors (Lipinski definition) is 0. The average molecular weight is 177 g/mol. The van der Waals surface area contributed by atoms with E-state index in [0.29, 0.717) is 0 Å². The SMILES string of the molecule is C=CCc1ccccc1OCC[O]. The molecule has 0 amide bonds. The van der Waals surface area contributed by atoms with Gasteiger partial charge in [-0.1, -0.05) is 24.3 Å². The topological polar surface area (TPSA) is 29.1 Å². The Morgan fingerprint density at radius 1 is 1.38 bits per heavy atom. The minimum Gasteiger partial charge on any atom is -0.491 e. The first-order chi connectivity index (χ1) is 6.38. The van der Waals surface area contributed by atoms with Crippen molar-refractivity contribution < 1.29 is 9.84 Å². The maximum Gasteiger partial charge on any atom is 0.122 e. The van der Waals surface area contributed by atoms with Crippen LogP contribution in [0, 0.1) is 0 Å². The van der Waals surface area contributed by atoms with Crippen molar-refractivity contribution in [2.24, 2.45) is 0 Å². The molecule has 13 heavy (non-hydrogen) atoms. The van der Waals surface area contributed by atoms with Crippen LogP contribution in [-0.4, -0.2) is 13.2 Å². The molecule has 0 aliphatic rings. The summed E-state index contributed by atoms with van der Waals surface area (Å²) in [7, 11) is 0. The van der Waals surface area contributed by atoms with Crippen LogP contribution >= 0.6 is 0 Å². The Kier molecular flexibility index (Phi) is 4.06. The third-order valence-electron chi connectivity index (χ3n) is 1.68. The first-order valence-corrected chi connectivity index (χ1v) is 4.28. The third-order valence-corrected chi connectivity index (χ3v) is 1.68. The summed E-state index contributed by atoms with van der Waals surface area (Å²) in [5, 5.41) is 10.2. The Morgan fingerprint density at radius 2 is 2.15 bits per heavy atom. The fourth-order valence-corrected chi connectivity index (χ4v) is 1.12. The fraction of sp³-hybridized carbons (Fsp3) is 0.273. The highest BCUT2D eigenvalue weighted by Gasteiger charge is 1.99. The lowest BCUT2D eigenvalue weighted by Gasteiger charge is -2.07. The van der Waals surface area contributed by atoms with Gasteiger partial charge in [0.15, 0.2) is 0 Å². The van der Waals surface area contributed by atoms with E-state index in [1.807, 2.05) is 30.3 Å². The van der Waals surface area contributed by atoms with E-state index in [1.54, 1.807) is 0 Å². The van der Waals surface area contributed by atoms with Crippen molar-refractivity contribution in [3.8, 4) is 5.75 Å². The molecule has 1 rings (SSSR count). The highest BCUT2D eigenvalue weighted by Crippen LogP contribution is 2.18. The third kappa shape index (κ3) is 2.92. The van der Waals surface area contributed by atoms with Crippen molar-refractivity contribution >= 4 is 0 Å². The molecule has 0 saturated carbocycles. The number of benzene rings is 1. The first-order valence-electron chi connectivity index (χ1n) is 4.28. The van der Waals surface area contributed by atoms with Crippen LogP contribution in [0.2, 0.25) is 0 Å². The Morgan fingerprint density at radius 3 is 2.85 bits per heavy atom. The molecule has 0 spiro atoms. The smallest absolute Gasteiger partial charge is 0.122 e. The van der Waals surface area contributed by atoms with Crippen LogP contribution < -0.4 is 4.74 Å². The number of allylic oxidation sites excluding steroid dienone is 1. The largest absolute Gasteiger partial charge is 0.491 e. The summed E-state index contributed by atoms with van der Waals surface area (Å²) < 4.78 is 5.28. The van der Waals surface area contributed by atoms with Crippen LogP contribution in [0.25, 0.3) is 0 Å². The van der Waals surface area contributed by atoms with E-state index < -0.39 is 0 Å². The van der Waals surface area contributed by atoms with Crippen LogP contribution in [0.4, 0.5) is 0 Å². The lowest BCUT2D eigenvalue weighted by Crippen LogP contribution is -2.02. The Hall–Kier alpha value is -1.28. The van der Waals surface area contributed by atoms with E-state index in [0.717, 1.165) is 17.7 Å². The summed E-state index contributed by atoms with van der Waals surface area (Å²) in [5.41, 5.74) is 1.07. The van der Waals surface area contributed by atoms with Crippen molar-refractivity contribution in [2.45, 2.75) is 6.42 Å². The van der Waals surface area contributed by atoms with Gasteiger partial charge in [-0.15, -0.1) is 6.58 Å². The van der Waals surface area contributed by atoms with Gasteiger partial charge in [-0.2, -0.15) is 0 Å². The van der Waals surface area contributed by atoms with Gasteiger partial charge in [0.25, 0.3) is 0 Å². The molecule has 0 bridgehead atoms. The lowest BCUT2D eigenvalue weighted by molar-refractivity contribution is 0.138. The summed E-state index contributed by atoms with van der Waals surface area (Å²) in [5.74, 6) is 0.790. The van der Waals surface area contributed by atoms with Crippen LogP contribution in [0.3, 0.4) is 0 Å². The molecule has 0 unspecified atom stereocenters. The monoisotopic (exact) mass is 177 g/mol. The molecule has 0 N–H and O–H groups in total. The maximum absolute atomic E-state index is 10.2. The molecule has 2 nitrogen and oxygen atoms in total. The van der Waals surface area contributed by atoms with Crippen molar-refractivity contribution in [2.75, 3.05) is 13.2 Å². The summed E-state index contributed by atoms with van der Waals surface area (Å²) in [6, 6.07) is 7.69. The van der Waals surface area contributed by atoms with Crippen LogP contribution in [0.15, 0.2) is 36.9 Å². The van der Waals surface area contributed by atoms with Gasteiger partial charge in [-0.3, -0.25) is 0 Å². The zero-order chi connectivity index (χ0) is 9.52. The van der Waals surface area contributed by atoms with Crippen LogP contribution in [0.1, 0.15) is 5.56 Å². The molecule has 69 valence electrons. The normalized spacial score (nSPS) is 9.62. The molecule has 0 aromatic heterocycles. The van der Waals surface area contributed by atoms with E-state index in [1.165, 1.54) is 0 Å². The minimum absolute atomic E-state index is 0.206. The molecule has 2 heteroatoms. The quantitative estimate of drug-likeness (QED) is 0.634. The summed E-state index contributed by atoms with van der Waals surface area (Å²) in [6.45, 7) is 3.68. The number of hydrogen-bond acceptors (Lipinski definition) is 1. The lowest BCUT2D eigenvalue weighted by atomic mass is 10.1. The predicted octanol–water partition coefficient (Wildman–Crippen LogP) is 2.22. The van der Waals surface area contributed by atoms with Gasteiger partial charge in [0, 0.05) is 0 Å². The standard InChI is InChI=1S/C11H13O2/c1-2-5-10-6-3-4-7-11(10)13-9-8-12/h2-4,6-7H,1,5,8-9H2. The molecular formula is C11H13O2. The van der Waals surface area contributed by atoms with Crippen molar-refractivity contribution in [3.05, 3.63) is 42.5 Å². The molecule has 0 atom stereocenters. The number of ether oxygens (including phenoxy) is 1. The molecule has 0 aliphatic carbocycles. The van der Waals surface area contributed by atoms with Gasteiger partial charge in [0.1, 0.15) is 19.0 Å². The van der Waals surface area contributed by atoms with E-state index in [-0.39, 0.29) is 13.2 Å². The highest BCUT2D eigenvalue weighted by atomic mass is 16.5. The summed E-state index contributed by atoms with van der Waals surface area (Å²) >= 11 is 0. The second-order valence-electron chi connectivity index (χ2n) is 2.65. The van der Waals surface area contributed by atoms with E-state index in [9.17, 15) is 5.11 Å². The number of para-hydroxylation sites is 1. The minimum atomic E-state index is -0.206. The first kappa shape index (κ1) is 9.81. The fourth-order valence-electron chi connectivity index (χ4n) is 1.12. The molecule has 0 heterocycles. The Balaban J connectivity index is 2.71. The molecular weight excluding hydrogens is 164 g/mol. The Labute approximate surface area is 78.5 Å². The van der Waals surface area contributed by atoms with Gasteiger partial charge >= 0.3 is 0 Å². The zero-order valence-corrected chi connectivity index (χ0v) is 7.53. The highest BCUT2D eigenvalue weighted by molar-refractivity contribution is 5.34. The van der Waals surface area contributed by atoms with Gasteiger partial charge in [0.2, 0.25) is 0 Å². The number of rotatable bonds is 5. The van der Waals surface area contributed by atoms with Crippen LogP contribution in [0.5, 0.6) is 5.75 Å². The molecule has 1 radical (unpaired) electrons. The van der Waals surface area contributed by atoms with Gasteiger partial charge < -0.3 is 4.74 Å². The van der Waals surface area contributed by atoms with Crippen molar-refractivity contribution in [3.63, 3.8) is 0 Å². The Bertz CT molecular complexity index is 269.